The van der Waals surface area contributed by atoms with Gasteiger partial charge in [0.2, 0.25) is 11.0 Å². The summed E-state index contributed by atoms with van der Waals surface area (Å²) >= 11 is 2.89. The lowest BCUT2D eigenvalue weighted by Crippen LogP contribution is -2.33. The Kier molecular flexibility index (Phi) is 5.65. The number of carbonyl (C=O) groups is 1. The van der Waals surface area contributed by atoms with Gasteiger partial charge in [-0.2, -0.15) is 0 Å². The van der Waals surface area contributed by atoms with Crippen molar-refractivity contribution in [3.8, 4) is 0 Å². The average molecular weight is 298 g/mol. The Bertz CT molecular complexity index is 429. The molecule has 7 heteroatoms. The number of thioether (sulfide) groups is 1. The molecular formula is C12H18N4OS2. The van der Waals surface area contributed by atoms with E-state index in [4.69, 9.17) is 0 Å². The minimum Gasteiger partial charge on any atom is -0.357 e. The number of hydrogen-bond acceptors (Lipinski definition) is 6. The van der Waals surface area contributed by atoms with Gasteiger partial charge in [-0.3, -0.25) is 4.79 Å². The van der Waals surface area contributed by atoms with Gasteiger partial charge in [0, 0.05) is 12.6 Å². The summed E-state index contributed by atoms with van der Waals surface area (Å²) in [6.45, 7) is 4.29. The smallest absolute Gasteiger partial charge is 0.230 e. The molecule has 1 amide bonds. The van der Waals surface area contributed by atoms with E-state index in [9.17, 15) is 4.79 Å². The van der Waals surface area contributed by atoms with Gasteiger partial charge in [-0.1, -0.05) is 42.0 Å². The number of rotatable bonds is 7. The first-order valence-electron chi connectivity index (χ1n) is 6.38. The summed E-state index contributed by atoms with van der Waals surface area (Å²) in [7, 11) is 0. The molecule has 2 rings (SSSR count). The molecule has 19 heavy (non-hydrogen) atoms. The summed E-state index contributed by atoms with van der Waals surface area (Å²) in [5.74, 6) is 0.500. The highest BCUT2D eigenvalue weighted by Crippen LogP contribution is 2.25. The standard InChI is InChI=1S/C12H18N4OS2/c1-2-7-13-11-15-16-12(19-11)18-8-10(17)14-9-5-3-4-6-9/h2,9H,1,3-8H2,(H,13,15)(H,14,17). The van der Waals surface area contributed by atoms with E-state index < -0.39 is 0 Å². The number of nitrogens with zero attached hydrogens (tertiary/aromatic N) is 2. The number of hydrogen-bond donors (Lipinski definition) is 2. The Morgan fingerprint density at radius 1 is 1.47 bits per heavy atom. The Balaban J connectivity index is 1.70. The summed E-state index contributed by atoms with van der Waals surface area (Å²) in [4.78, 5) is 11.7. The van der Waals surface area contributed by atoms with Gasteiger partial charge in [0.25, 0.3) is 0 Å². The van der Waals surface area contributed by atoms with Gasteiger partial charge in [0.15, 0.2) is 4.34 Å². The zero-order valence-electron chi connectivity index (χ0n) is 10.7. The van der Waals surface area contributed by atoms with E-state index in [1.165, 1.54) is 35.9 Å². The van der Waals surface area contributed by atoms with Crippen LogP contribution in [0.25, 0.3) is 0 Å². The van der Waals surface area contributed by atoms with Crippen LogP contribution in [0.1, 0.15) is 25.7 Å². The number of anilines is 1. The van der Waals surface area contributed by atoms with Crippen LogP contribution in [-0.2, 0) is 4.79 Å². The van der Waals surface area contributed by atoms with Gasteiger partial charge in [-0.25, -0.2) is 0 Å². The van der Waals surface area contributed by atoms with Crippen LogP contribution in [0.4, 0.5) is 5.13 Å². The molecule has 1 aromatic heterocycles. The molecule has 1 fully saturated rings. The molecule has 104 valence electrons. The van der Waals surface area contributed by atoms with Gasteiger partial charge >= 0.3 is 0 Å². The lowest BCUT2D eigenvalue weighted by atomic mass is 10.2. The molecular weight excluding hydrogens is 280 g/mol. The molecule has 0 radical (unpaired) electrons. The van der Waals surface area contributed by atoms with Crippen molar-refractivity contribution < 1.29 is 4.79 Å². The van der Waals surface area contributed by atoms with Crippen molar-refractivity contribution >= 4 is 34.1 Å². The molecule has 1 saturated carbocycles. The summed E-state index contributed by atoms with van der Waals surface area (Å²) in [6.07, 6.45) is 6.46. The van der Waals surface area contributed by atoms with Crippen LogP contribution in [0.15, 0.2) is 17.0 Å². The Hall–Kier alpha value is -1.08. The zero-order valence-corrected chi connectivity index (χ0v) is 12.4. The fourth-order valence-corrected chi connectivity index (χ4v) is 3.54. The first kappa shape index (κ1) is 14.3. The van der Waals surface area contributed by atoms with Crippen LogP contribution >= 0.6 is 23.1 Å². The predicted octanol–water partition coefficient (Wildman–Crippen LogP) is 2.29. The third-order valence-corrected chi connectivity index (χ3v) is 4.87. The third kappa shape index (κ3) is 4.83. The molecule has 1 aromatic rings. The highest BCUT2D eigenvalue weighted by molar-refractivity contribution is 8.01. The number of amides is 1. The van der Waals surface area contributed by atoms with Gasteiger partial charge < -0.3 is 10.6 Å². The molecule has 0 spiro atoms. The molecule has 5 nitrogen and oxygen atoms in total. The zero-order chi connectivity index (χ0) is 13.5. The number of carbonyl (C=O) groups excluding carboxylic acids is 1. The summed E-state index contributed by atoms with van der Waals surface area (Å²) in [5.41, 5.74) is 0. The van der Waals surface area contributed by atoms with Crippen molar-refractivity contribution in [2.75, 3.05) is 17.6 Å². The first-order valence-corrected chi connectivity index (χ1v) is 8.18. The van der Waals surface area contributed by atoms with Crippen LogP contribution < -0.4 is 10.6 Å². The predicted molar refractivity (Wildman–Crippen MR) is 79.7 cm³/mol. The second kappa shape index (κ2) is 7.49. The molecule has 0 aliphatic heterocycles. The quantitative estimate of drug-likeness (QED) is 0.597. The van der Waals surface area contributed by atoms with Crippen molar-refractivity contribution in [3.05, 3.63) is 12.7 Å². The molecule has 1 aliphatic carbocycles. The summed E-state index contributed by atoms with van der Waals surface area (Å²) in [5, 5.41) is 14.9. The SMILES string of the molecule is C=CCNc1nnc(SCC(=O)NC2CCCC2)s1. The number of aromatic nitrogens is 2. The maximum atomic E-state index is 11.7. The van der Waals surface area contributed by atoms with Crippen molar-refractivity contribution in [3.63, 3.8) is 0 Å². The van der Waals surface area contributed by atoms with E-state index in [0.717, 1.165) is 22.3 Å². The van der Waals surface area contributed by atoms with E-state index in [-0.39, 0.29) is 5.91 Å². The summed E-state index contributed by atoms with van der Waals surface area (Å²) in [6, 6.07) is 0.382. The van der Waals surface area contributed by atoms with Crippen LogP contribution in [-0.4, -0.2) is 34.4 Å². The average Bonchev–Trinajstić information content (AvgIpc) is 3.05. The van der Waals surface area contributed by atoms with Crippen LogP contribution in [0.3, 0.4) is 0 Å². The van der Waals surface area contributed by atoms with Gasteiger partial charge in [-0.15, -0.1) is 16.8 Å². The fraction of sp³-hybridized carbons (Fsp3) is 0.583. The number of nitrogens with one attached hydrogen (secondary N) is 2. The van der Waals surface area contributed by atoms with E-state index in [1.54, 1.807) is 6.08 Å². The van der Waals surface area contributed by atoms with Crippen molar-refractivity contribution in [1.29, 1.82) is 0 Å². The first-order chi connectivity index (χ1) is 9.28. The lowest BCUT2D eigenvalue weighted by molar-refractivity contribution is -0.119. The topological polar surface area (TPSA) is 66.9 Å². The monoisotopic (exact) mass is 298 g/mol. The Morgan fingerprint density at radius 3 is 3.00 bits per heavy atom. The molecule has 0 bridgehead atoms. The lowest BCUT2D eigenvalue weighted by Gasteiger charge is -2.10. The van der Waals surface area contributed by atoms with Crippen LogP contribution in [0, 0.1) is 0 Å². The van der Waals surface area contributed by atoms with Crippen LogP contribution in [0.2, 0.25) is 0 Å². The highest BCUT2D eigenvalue weighted by atomic mass is 32.2. The minimum atomic E-state index is 0.0905. The third-order valence-electron chi connectivity index (χ3n) is 2.85. The second-order valence-electron chi connectivity index (χ2n) is 4.38. The van der Waals surface area contributed by atoms with Crippen molar-refractivity contribution in [2.45, 2.75) is 36.1 Å². The highest BCUT2D eigenvalue weighted by Gasteiger charge is 2.17. The molecule has 1 heterocycles. The molecule has 0 unspecified atom stereocenters. The maximum Gasteiger partial charge on any atom is 0.230 e. The van der Waals surface area contributed by atoms with Gasteiger partial charge in [-0.05, 0) is 12.8 Å². The Labute approximate surface area is 121 Å². The normalized spacial score (nSPS) is 15.4. The van der Waals surface area contributed by atoms with E-state index >= 15 is 0 Å². The molecule has 1 aliphatic rings. The van der Waals surface area contributed by atoms with Gasteiger partial charge in [0.05, 0.1) is 5.75 Å². The maximum absolute atomic E-state index is 11.7. The van der Waals surface area contributed by atoms with E-state index in [2.05, 4.69) is 27.4 Å². The van der Waals surface area contributed by atoms with Gasteiger partial charge in [0.1, 0.15) is 0 Å². The Morgan fingerprint density at radius 2 is 2.26 bits per heavy atom. The van der Waals surface area contributed by atoms with Crippen molar-refractivity contribution in [1.82, 2.24) is 15.5 Å². The molecule has 0 saturated heterocycles. The molecule has 0 atom stereocenters. The fourth-order valence-electron chi connectivity index (χ4n) is 1.97. The minimum absolute atomic E-state index is 0.0905. The molecule has 2 N–H and O–H groups in total. The summed E-state index contributed by atoms with van der Waals surface area (Å²) < 4.78 is 0.813. The largest absolute Gasteiger partial charge is 0.357 e. The second-order valence-corrected chi connectivity index (χ2v) is 6.58. The van der Waals surface area contributed by atoms with Crippen molar-refractivity contribution in [2.24, 2.45) is 0 Å². The molecule has 0 aromatic carbocycles. The van der Waals surface area contributed by atoms with E-state index in [1.807, 2.05) is 0 Å². The van der Waals surface area contributed by atoms with Crippen LogP contribution in [0.5, 0.6) is 0 Å². The van der Waals surface area contributed by atoms with E-state index in [0.29, 0.717) is 18.3 Å².